The number of nitrogens with one attached hydrogen (secondary N) is 1. The van der Waals surface area contributed by atoms with Gasteiger partial charge in [-0.2, -0.15) is 0 Å². The van der Waals surface area contributed by atoms with E-state index in [1.807, 2.05) is 7.05 Å². The molecule has 5 nitrogen and oxygen atoms in total. The van der Waals surface area contributed by atoms with E-state index < -0.39 is 0 Å². The lowest BCUT2D eigenvalue weighted by atomic mass is 10.0. The van der Waals surface area contributed by atoms with Gasteiger partial charge in [-0.3, -0.25) is 0 Å². The van der Waals surface area contributed by atoms with Gasteiger partial charge in [0.25, 0.3) is 5.19 Å². The Hall–Kier alpha value is -0.720. The first-order valence-corrected chi connectivity index (χ1v) is 6.91. The summed E-state index contributed by atoms with van der Waals surface area (Å²) in [5.74, 6) is 0. The Labute approximate surface area is 106 Å². The van der Waals surface area contributed by atoms with Crippen molar-refractivity contribution in [2.45, 2.75) is 31.8 Å². The van der Waals surface area contributed by atoms with Crippen molar-refractivity contribution >= 4 is 11.3 Å². The Bertz CT molecular complexity index is 344. The first-order valence-electron chi connectivity index (χ1n) is 6.09. The van der Waals surface area contributed by atoms with Gasteiger partial charge in [-0.15, -0.1) is 10.2 Å². The fourth-order valence-corrected chi connectivity index (χ4v) is 2.75. The van der Waals surface area contributed by atoms with Crippen LogP contribution in [0.3, 0.4) is 0 Å². The zero-order valence-corrected chi connectivity index (χ0v) is 11.3. The maximum atomic E-state index is 5.72. The summed E-state index contributed by atoms with van der Waals surface area (Å²) >= 11 is 1.52. The van der Waals surface area contributed by atoms with Gasteiger partial charge in [-0.1, -0.05) is 17.8 Å². The van der Waals surface area contributed by atoms with Crippen LogP contribution in [0, 0.1) is 0 Å². The van der Waals surface area contributed by atoms with E-state index in [2.05, 4.69) is 27.5 Å². The minimum atomic E-state index is 0.528. The van der Waals surface area contributed by atoms with Crippen LogP contribution in [0.2, 0.25) is 0 Å². The van der Waals surface area contributed by atoms with E-state index in [4.69, 9.17) is 4.74 Å². The maximum absolute atomic E-state index is 5.72. The molecule has 2 rings (SSSR count). The number of piperidine rings is 1. The number of hydrogen-bond donors (Lipinski definition) is 1. The number of ether oxygens (including phenoxy) is 1. The van der Waals surface area contributed by atoms with Crippen LogP contribution < -0.4 is 10.1 Å². The summed E-state index contributed by atoms with van der Waals surface area (Å²) in [6, 6.07) is 0.528. The quantitative estimate of drug-likeness (QED) is 0.855. The number of hydrogen-bond acceptors (Lipinski definition) is 6. The summed E-state index contributed by atoms with van der Waals surface area (Å²) in [7, 11) is 4.07. The Morgan fingerprint density at radius 2 is 2.35 bits per heavy atom. The summed E-state index contributed by atoms with van der Waals surface area (Å²) in [5, 5.41) is 12.8. The smallest absolute Gasteiger partial charge is 0.294 e. The average Bonchev–Trinajstić information content (AvgIpc) is 2.76. The Kier molecular flexibility index (Phi) is 4.70. The van der Waals surface area contributed by atoms with Crippen LogP contribution in [0.15, 0.2) is 0 Å². The monoisotopic (exact) mass is 256 g/mol. The van der Waals surface area contributed by atoms with Gasteiger partial charge in [0.05, 0.1) is 0 Å². The number of likely N-dealkylation sites (tertiary alicyclic amines) is 1. The molecule has 0 amide bonds. The predicted molar refractivity (Wildman–Crippen MR) is 68.4 cm³/mol. The molecule has 1 aromatic heterocycles. The summed E-state index contributed by atoms with van der Waals surface area (Å²) in [6.45, 7) is 2.66. The molecule has 0 radical (unpaired) electrons. The van der Waals surface area contributed by atoms with Crippen molar-refractivity contribution in [3.8, 4) is 5.19 Å². The zero-order valence-electron chi connectivity index (χ0n) is 10.5. The highest BCUT2D eigenvalue weighted by atomic mass is 32.1. The maximum Gasteiger partial charge on any atom is 0.294 e. The van der Waals surface area contributed by atoms with Crippen LogP contribution in [-0.2, 0) is 6.54 Å². The highest BCUT2D eigenvalue weighted by Gasteiger charge is 2.19. The topological polar surface area (TPSA) is 50.3 Å². The molecule has 1 N–H and O–H groups in total. The first kappa shape index (κ1) is 12.7. The molecule has 0 aromatic carbocycles. The molecule has 6 heteroatoms. The molecule has 1 saturated heterocycles. The largest absolute Gasteiger partial charge is 0.467 e. The zero-order chi connectivity index (χ0) is 12.1. The molecular weight excluding hydrogens is 236 g/mol. The fraction of sp³-hybridized carbons (Fsp3) is 0.818. The summed E-state index contributed by atoms with van der Waals surface area (Å²) in [4.78, 5) is 2.37. The van der Waals surface area contributed by atoms with Crippen molar-refractivity contribution in [3.05, 3.63) is 5.01 Å². The standard InChI is InChI=1S/C11H20N4OS/c1-12-7-10-13-14-11(17-10)16-8-9-5-3-4-6-15(9)2/h9,12H,3-8H2,1-2H3. The highest BCUT2D eigenvalue weighted by Crippen LogP contribution is 2.20. The van der Waals surface area contributed by atoms with E-state index in [-0.39, 0.29) is 0 Å². The summed E-state index contributed by atoms with van der Waals surface area (Å²) < 4.78 is 5.72. The molecule has 1 aromatic rings. The van der Waals surface area contributed by atoms with Crippen LogP contribution in [0.25, 0.3) is 0 Å². The third-order valence-corrected chi connectivity index (χ3v) is 3.93. The summed E-state index contributed by atoms with van der Waals surface area (Å²) in [6.07, 6.45) is 3.83. The first-order chi connectivity index (χ1) is 8.29. The van der Waals surface area contributed by atoms with Crippen molar-refractivity contribution < 1.29 is 4.74 Å². The Balaban J connectivity index is 1.79. The second-order valence-corrected chi connectivity index (χ2v) is 5.46. The molecule has 1 aliphatic rings. The second-order valence-electron chi connectivity index (χ2n) is 4.43. The predicted octanol–water partition coefficient (Wildman–Crippen LogP) is 1.12. The molecule has 1 aliphatic heterocycles. The number of likely N-dealkylation sites (N-methyl/N-ethyl adjacent to an activating group) is 1. The van der Waals surface area contributed by atoms with E-state index in [0.717, 1.165) is 18.2 Å². The molecule has 0 spiro atoms. The number of rotatable bonds is 5. The van der Waals surface area contributed by atoms with Crippen molar-refractivity contribution in [1.29, 1.82) is 0 Å². The average molecular weight is 256 g/mol. The molecule has 1 unspecified atom stereocenters. The van der Waals surface area contributed by atoms with E-state index in [9.17, 15) is 0 Å². The molecule has 1 fully saturated rings. The second kappa shape index (κ2) is 6.28. The molecule has 17 heavy (non-hydrogen) atoms. The lowest BCUT2D eigenvalue weighted by Gasteiger charge is -2.31. The minimum absolute atomic E-state index is 0.528. The van der Waals surface area contributed by atoms with Crippen molar-refractivity contribution in [1.82, 2.24) is 20.4 Å². The number of aromatic nitrogens is 2. The van der Waals surface area contributed by atoms with Gasteiger partial charge >= 0.3 is 0 Å². The van der Waals surface area contributed by atoms with Crippen molar-refractivity contribution in [2.24, 2.45) is 0 Å². The Morgan fingerprint density at radius 1 is 1.47 bits per heavy atom. The fourth-order valence-electron chi connectivity index (χ4n) is 2.04. The van der Waals surface area contributed by atoms with Gasteiger partial charge in [0.1, 0.15) is 11.6 Å². The molecular formula is C11H20N4OS. The van der Waals surface area contributed by atoms with Crippen molar-refractivity contribution in [3.63, 3.8) is 0 Å². The van der Waals surface area contributed by atoms with Crippen LogP contribution >= 0.6 is 11.3 Å². The number of nitrogens with zero attached hydrogens (tertiary/aromatic N) is 3. The lowest BCUT2D eigenvalue weighted by Crippen LogP contribution is -2.40. The van der Waals surface area contributed by atoms with Crippen LogP contribution in [0.5, 0.6) is 5.19 Å². The molecule has 0 bridgehead atoms. The van der Waals surface area contributed by atoms with Crippen LogP contribution in [-0.4, -0.2) is 48.4 Å². The normalized spacial score (nSPS) is 21.6. The van der Waals surface area contributed by atoms with E-state index >= 15 is 0 Å². The molecule has 0 aliphatic carbocycles. The molecule has 1 atom stereocenters. The third kappa shape index (κ3) is 3.62. The van der Waals surface area contributed by atoms with Gasteiger partial charge < -0.3 is 15.0 Å². The highest BCUT2D eigenvalue weighted by molar-refractivity contribution is 7.13. The van der Waals surface area contributed by atoms with Crippen LogP contribution in [0.4, 0.5) is 0 Å². The van der Waals surface area contributed by atoms with Crippen molar-refractivity contribution in [2.75, 3.05) is 27.2 Å². The van der Waals surface area contributed by atoms with Crippen LogP contribution in [0.1, 0.15) is 24.3 Å². The van der Waals surface area contributed by atoms with E-state index in [1.54, 1.807) is 0 Å². The third-order valence-electron chi connectivity index (χ3n) is 3.10. The van der Waals surface area contributed by atoms with E-state index in [1.165, 1.54) is 37.1 Å². The van der Waals surface area contributed by atoms with Gasteiger partial charge in [0.2, 0.25) is 0 Å². The van der Waals surface area contributed by atoms with Gasteiger partial charge in [0, 0.05) is 12.6 Å². The molecule has 0 saturated carbocycles. The van der Waals surface area contributed by atoms with Gasteiger partial charge in [-0.05, 0) is 33.5 Å². The minimum Gasteiger partial charge on any atom is -0.467 e. The Morgan fingerprint density at radius 3 is 3.12 bits per heavy atom. The summed E-state index contributed by atoms with van der Waals surface area (Å²) in [5.41, 5.74) is 0. The lowest BCUT2D eigenvalue weighted by molar-refractivity contribution is 0.124. The molecule has 2 heterocycles. The SMILES string of the molecule is CNCc1nnc(OCC2CCCCN2C)s1. The van der Waals surface area contributed by atoms with E-state index in [0.29, 0.717) is 11.2 Å². The van der Waals surface area contributed by atoms with Gasteiger partial charge in [0.15, 0.2) is 0 Å². The van der Waals surface area contributed by atoms with Gasteiger partial charge in [-0.25, -0.2) is 0 Å². The molecule has 96 valence electrons.